The molecule has 26 heavy (non-hydrogen) atoms. The van der Waals surface area contributed by atoms with Crippen molar-refractivity contribution < 1.29 is 4.79 Å². The number of hydrogen-bond acceptors (Lipinski definition) is 5. The minimum atomic E-state index is -0.100. The van der Waals surface area contributed by atoms with E-state index >= 15 is 0 Å². The molecule has 1 aliphatic heterocycles. The van der Waals surface area contributed by atoms with Crippen molar-refractivity contribution in [2.45, 2.75) is 25.9 Å². The SMILES string of the molecule is CC1Cc2ccccc2N1C(=O)c1cc(NCc2ccncc2)ncn1. The lowest BCUT2D eigenvalue weighted by atomic mass is 10.1. The number of para-hydroxylation sites is 1. The summed E-state index contributed by atoms with van der Waals surface area (Å²) in [5.41, 5.74) is 3.64. The zero-order valence-electron chi connectivity index (χ0n) is 14.5. The standard InChI is InChI=1S/C20H19N5O/c1-14-10-16-4-2-3-5-18(16)25(14)20(26)17-11-19(24-13-23-17)22-12-15-6-8-21-9-7-15/h2-9,11,13-14H,10,12H2,1H3,(H,22,23,24). The van der Waals surface area contributed by atoms with Crippen molar-refractivity contribution in [3.8, 4) is 0 Å². The van der Waals surface area contributed by atoms with Crippen LogP contribution in [0.2, 0.25) is 0 Å². The molecular formula is C20H19N5O. The predicted octanol–water partition coefficient (Wildman–Crippen LogP) is 3.08. The second-order valence-corrected chi connectivity index (χ2v) is 6.35. The average Bonchev–Trinajstić information content (AvgIpc) is 3.02. The number of hydrogen-bond donors (Lipinski definition) is 1. The van der Waals surface area contributed by atoms with Gasteiger partial charge in [-0.05, 0) is 42.7 Å². The van der Waals surface area contributed by atoms with Crippen molar-refractivity contribution in [1.82, 2.24) is 15.0 Å². The Hall–Kier alpha value is -3.28. The van der Waals surface area contributed by atoms with E-state index in [0.717, 1.165) is 17.7 Å². The van der Waals surface area contributed by atoms with Gasteiger partial charge in [-0.3, -0.25) is 9.78 Å². The first-order valence-electron chi connectivity index (χ1n) is 8.58. The van der Waals surface area contributed by atoms with Crippen molar-refractivity contribution >= 4 is 17.4 Å². The predicted molar refractivity (Wildman–Crippen MR) is 100 cm³/mol. The average molecular weight is 345 g/mol. The molecule has 6 nitrogen and oxygen atoms in total. The van der Waals surface area contributed by atoms with Gasteiger partial charge in [-0.25, -0.2) is 9.97 Å². The first kappa shape index (κ1) is 16.2. The number of aromatic nitrogens is 3. The summed E-state index contributed by atoms with van der Waals surface area (Å²) in [7, 11) is 0. The second kappa shape index (κ2) is 6.92. The molecule has 1 aliphatic rings. The molecule has 130 valence electrons. The summed E-state index contributed by atoms with van der Waals surface area (Å²) in [4.78, 5) is 27.3. The summed E-state index contributed by atoms with van der Waals surface area (Å²) in [5.74, 6) is 0.525. The fraction of sp³-hybridized carbons (Fsp3) is 0.200. The topological polar surface area (TPSA) is 71.0 Å². The highest BCUT2D eigenvalue weighted by molar-refractivity contribution is 6.06. The van der Waals surface area contributed by atoms with Crippen molar-refractivity contribution in [3.05, 3.63) is 78.0 Å². The van der Waals surface area contributed by atoms with Crippen LogP contribution in [0.4, 0.5) is 11.5 Å². The molecule has 0 fully saturated rings. The molecule has 1 N–H and O–H groups in total. The smallest absolute Gasteiger partial charge is 0.277 e. The van der Waals surface area contributed by atoms with Crippen LogP contribution in [0.15, 0.2) is 61.2 Å². The van der Waals surface area contributed by atoms with Gasteiger partial charge in [-0.2, -0.15) is 0 Å². The van der Waals surface area contributed by atoms with Crippen LogP contribution in [0.1, 0.15) is 28.5 Å². The van der Waals surface area contributed by atoms with Crippen molar-refractivity contribution in [3.63, 3.8) is 0 Å². The molecule has 1 unspecified atom stereocenters. The number of carbonyl (C=O) groups is 1. The van der Waals surface area contributed by atoms with Crippen molar-refractivity contribution in [2.24, 2.45) is 0 Å². The van der Waals surface area contributed by atoms with Gasteiger partial charge in [-0.1, -0.05) is 18.2 Å². The Morgan fingerprint density at radius 3 is 2.85 bits per heavy atom. The van der Waals surface area contributed by atoms with Gasteiger partial charge in [-0.15, -0.1) is 0 Å². The van der Waals surface area contributed by atoms with Crippen LogP contribution < -0.4 is 10.2 Å². The summed E-state index contributed by atoms with van der Waals surface area (Å²) in [6, 6.07) is 13.7. The largest absolute Gasteiger partial charge is 0.366 e. The Morgan fingerprint density at radius 2 is 2.00 bits per heavy atom. The normalized spacial score (nSPS) is 15.6. The van der Waals surface area contributed by atoms with Gasteiger partial charge in [0.2, 0.25) is 0 Å². The maximum Gasteiger partial charge on any atom is 0.277 e. The van der Waals surface area contributed by atoms with Gasteiger partial charge in [0, 0.05) is 36.7 Å². The molecule has 6 heteroatoms. The highest BCUT2D eigenvalue weighted by atomic mass is 16.2. The molecule has 1 amide bonds. The third kappa shape index (κ3) is 3.13. The third-order valence-corrected chi connectivity index (χ3v) is 4.54. The Morgan fingerprint density at radius 1 is 1.19 bits per heavy atom. The quantitative estimate of drug-likeness (QED) is 0.787. The summed E-state index contributed by atoms with van der Waals surface area (Å²) in [6.07, 6.45) is 5.78. The molecule has 1 aromatic carbocycles. The van der Waals surface area contributed by atoms with Crippen LogP contribution in [0.25, 0.3) is 0 Å². The zero-order valence-corrected chi connectivity index (χ0v) is 14.5. The molecular weight excluding hydrogens is 326 g/mol. The number of anilines is 2. The fourth-order valence-corrected chi connectivity index (χ4v) is 3.26. The minimum absolute atomic E-state index is 0.100. The van der Waals surface area contributed by atoms with Crippen molar-refractivity contribution in [1.29, 1.82) is 0 Å². The number of carbonyl (C=O) groups excluding carboxylic acids is 1. The van der Waals surface area contributed by atoms with E-state index < -0.39 is 0 Å². The highest BCUT2D eigenvalue weighted by Gasteiger charge is 2.31. The number of fused-ring (bicyclic) bond motifs is 1. The maximum absolute atomic E-state index is 13.0. The molecule has 0 saturated heterocycles. The lowest BCUT2D eigenvalue weighted by Gasteiger charge is -2.22. The van der Waals surface area contributed by atoms with Crippen LogP contribution in [0, 0.1) is 0 Å². The lowest BCUT2D eigenvalue weighted by Crippen LogP contribution is -2.36. The number of amides is 1. The van der Waals surface area contributed by atoms with Gasteiger partial charge >= 0.3 is 0 Å². The van der Waals surface area contributed by atoms with E-state index in [2.05, 4.69) is 33.3 Å². The van der Waals surface area contributed by atoms with Crippen LogP contribution in [-0.2, 0) is 13.0 Å². The Labute approximate surface area is 151 Å². The van der Waals surface area contributed by atoms with Gasteiger partial charge in [0.1, 0.15) is 17.8 Å². The van der Waals surface area contributed by atoms with Crippen molar-refractivity contribution in [2.75, 3.05) is 10.2 Å². The van der Waals surface area contributed by atoms with E-state index in [-0.39, 0.29) is 11.9 Å². The number of nitrogens with one attached hydrogen (secondary N) is 1. The second-order valence-electron chi connectivity index (χ2n) is 6.35. The first-order chi connectivity index (χ1) is 12.7. The molecule has 0 saturated carbocycles. The van der Waals surface area contributed by atoms with Gasteiger partial charge in [0.05, 0.1) is 0 Å². The Kier molecular flexibility index (Phi) is 4.31. The summed E-state index contributed by atoms with van der Waals surface area (Å²) >= 11 is 0. The van der Waals surface area contributed by atoms with E-state index in [9.17, 15) is 4.79 Å². The third-order valence-electron chi connectivity index (χ3n) is 4.54. The van der Waals surface area contributed by atoms with E-state index in [4.69, 9.17) is 0 Å². The van der Waals surface area contributed by atoms with E-state index in [1.54, 1.807) is 18.5 Å². The monoisotopic (exact) mass is 345 g/mol. The number of rotatable bonds is 4. The molecule has 0 radical (unpaired) electrons. The van der Waals surface area contributed by atoms with Crippen LogP contribution in [0.5, 0.6) is 0 Å². The lowest BCUT2D eigenvalue weighted by molar-refractivity contribution is 0.0976. The molecule has 2 aromatic heterocycles. The molecule has 0 bridgehead atoms. The van der Waals surface area contributed by atoms with E-state index in [1.165, 1.54) is 11.9 Å². The number of benzene rings is 1. The highest BCUT2D eigenvalue weighted by Crippen LogP contribution is 2.32. The summed E-state index contributed by atoms with van der Waals surface area (Å²) in [6.45, 7) is 2.66. The molecule has 3 aromatic rings. The molecule has 0 aliphatic carbocycles. The van der Waals surface area contributed by atoms with E-state index in [1.807, 2.05) is 35.2 Å². The minimum Gasteiger partial charge on any atom is -0.366 e. The number of nitrogens with zero attached hydrogens (tertiary/aromatic N) is 4. The molecule has 3 heterocycles. The zero-order chi connectivity index (χ0) is 17.9. The van der Waals surface area contributed by atoms with E-state index in [0.29, 0.717) is 18.1 Å². The van der Waals surface area contributed by atoms with Gasteiger partial charge in [0.15, 0.2) is 0 Å². The first-order valence-corrected chi connectivity index (χ1v) is 8.58. The maximum atomic E-state index is 13.0. The summed E-state index contributed by atoms with van der Waals surface area (Å²) < 4.78 is 0. The van der Waals surface area contributed by atoms with Gasteiger partial charge in [0.25, 0.3) is 5.91 Å². The summed E-state index contributed by atoms with van der Waals surface area (Å²) in [5, 5.41) is 3.23. The number of pyridine rings is 1. The Bertz CT molecular complexity index is 928. The molecule has 1 atom stereocenters. The van der Waals surface area contributed by atoms with Crippen LogP contribution >= 0.6 is 0 Å². The van der Waals surface area contributed by atoms with Crippen LogP contribution in [-0.4, -0.2) is 26.9 Å². The molecule has 0 spiro atoms. The Balaban J connectivity index is 1.54. The van der Waals surface area contributed by atoms with Crippen LogP contribution in [0.3, 0.4) is 0 Å². The molecule has 4 rings (SSSR count). The fourth-order valence-electron chi connectivity index (χ4n) is 3.26. The van der Waals surface area contributed by atoms with Gasteiger partial charge < -0.3 is 10.2 Å².